The number of piperidine rings is 1. The van der Waals surface area contributed by atoms with Crippen molar-refractivity contribution in [2.24, 2.45) is 16.3 Å². The molecule has 2 saturated heterocycles. The number of rotatable bonds is 6. The van der Waals surface area contributed by atoms with Gasteiger partial charge >= 0.3 is 0 Å². The number of guanidine groups is 1. The molecule has 0 saturated carbocycles. The highest BCUT2D eigenvalue weighted by molar-refractivity contribution is 14.0. The van der Waals surface area contributed by atoms with E-state index in [4.69, 9.17) is 9.73 Å². The highest BCUT2D eigenvalue weighted by Crippen LogP contribution is 2.34. The van der Waals surface area contributed by atoms with Crippen LogP contribution >= 0.6 is 24.0 Å². The van der Waals surface area contributed by atoms with Gasteiger partial charge in [0.1, 0.15) is 0 Å². The van der Waals surface area contributed by atoms with Gasteiger partial charge in [-0.05, 0) is 51.0 Å². The van der Waals surface area contributed by atoms with E-state index in [0.29, 0.717) is 18.1 Å². The van der Waals surface area contributed by atoms with E-state index in [2.05, 4.69) is 50.2 Å². The Balaban J connectivity index is 0.00000364. The van der Waals surface area contributed by atoms with Gasteiger partial charge in [-0.2, -0.15) is 0 Å². The first kappa shape index (κ1) is 25.0. The maximum absolute atomic E-state index is 6.12. The topological polar surface area (TPSA) is 48.9 Å². The smallest absolute Gasteiger partial charge is 0.191 e. The molecule has 2 N–H and O–H groups in total. The minimum Gasteiger partial charge on any atom is -0.377 e. The minimum atomic E-state index is 0. The Kier molecular flexibility index (Phi) is 11.5. The number of ether oxygens (including phenoxy) is 1. The van der Waals surface area contributed by atoms with Crippen LogP contribution in [0.25, 0.3) is 0 Å². The first-order valence-electron chi connectivity index (χ1n) is 10.8. The Hall–Kier alpha value is -0.0800. The lowest BCUT2D eigenvalue weighted by atomic mass is 9.78. The SMILES string of the molecule is CCCN1CCC(NC(=NCC2CCCOC2C(C)(C)C)NCC)CC1.I. The van der Waals surface area contributed by atoms with Crippen LogP contribution in [0, 0.1) is 11.3 Å². The largest absolute Gasteiger partial charge is 0.377 e. The molecule has 27 heavy (non-hydrogen) atoms. The normalized spacial score (nSPS) is 25.7. The summed E-state index contributed by atoms with van der Waals surface area (Å²) < 4.78 is 6.12. The van der Waals surface area contributed by atoms with E-state index < -0.39 is 0 Å². The van der Waals surface area contributed by atoms with Gasteiger partial charge < -0.3 is 20.3 Å². The summed E-state index contributed by atoms with van der Waals surface area (Å²) >= 11 is 0. The molecule has 6 heteroatoms. The lowest BCUT2D eigenvalue weighted by Gasteiger charge is -2.39. The van der Waals surface area contributed by atoms with E-state index in [1.54, 1.807) is 0 Å². The number of halogens is 1. The summed E-state index contributed by atoms with van der Waals surface area (Å²) in [5.41, 5.74) is 0.179. The molecule has 0 bridgehead atoms. The van der Waals surface area contributed by atoms with Crippen molar-refractivity contribution in [3.05, 3.63) is 0 Å². The number of aliphatic imine (C=N–C) groups is 1. The van der Waals surface area contributed by atoms with Crippen molar-refractivity contribution in [3.8, 4) is 0 Å². The predicted molar refractivity (Wildman–Crippen MR) is 126 cm³/mol. The van der Waals surface area contributed by atoms with E-state index in [1.807, 2.05) is 0 Å². The number of nitrogens with zero attached hydrogens (tertiary/aromatic N) is 2. The van der Waals surface area contributed by atoms with Gasteiger partial charge in [-0.15, -0.1) is 24.0 Å². The van der Waals surface area contributed by atoms with Crippen molar-refractivity contribution in [1.29, 1.82) is 0 Å². The summed E-state index contributed by atoms with van der Waals surface area (Å²) in [4.78, 5) is 7.53. The molecule has 0 aromatic rings. The molecule has 2 heterocycles. The highest BCUT2D eigenvalue weighted by atomic mass is 127. The lowest BCUT2D eigenvalue weighted by Crippen LogP contribution is -2.49. The van der Waals surface area contributed by atoms with Crippen LogP contribution in [-0.4, -0.2) is 62.3 Å². The molecule has 2 fully saturated rings. The van der Waals surface area contributed by atoms with Crippen LogP contribution in [-0.2, 0) is 4.74 Å². The van der Waals surface area contributed by atoms with Crippen molar-refractivity contribution in [2.45, 2.75) is 78.9 Å². The Morgan fingerprint density at radius 2 is 1.85 bits per heavy atom. The maximum Gasteiger partial charge on any atom is 0.191 e. The van der Waals surface area contributed by atoms with E-state index in [1.165, 1.54) is 45.3 Å². The Morgan fingerprint density at radius 1 is 1.15 bits per heavy atom. The molecule has 0 spiro atoms. The van der Waals surface area contributed by atoms with Crippen LogP contribution in [0.3, 0.4) is 0 Å². The Morgan fingerprint density at radius 3 is 2.44 bits per heavy atom. The first-order valence-corrected chi connectivity index (χ1v) is 10.8. The maximum atomic E-state index is 6.12. The fourth-order valence-corrected chi connectivity index (χ4v) is 4.33. The lowest BCUT2D eigenvalue weighted by molar-refractivity contribution is -0.0823. The summed E-state index contributed by atoms with van der Waals surface area (Å²) in [7, 11) is 0. The van der Waals surface area contributed by atoms with Crippen LogP contribution in [0.15, 0.2) is 4.99 Å². The molecular formula is C21H43IN4O. The van der Waals surface area contributed by atoms with Gasteiger partial charge in [0.25, 0.3) is 0 Å². The third-order valence-electron chi connectivity index (χ3n) is 5.59. The summed E-state index contributed by atoms with van der Waals surface area (Å²) in [5, 5.41) is 7.13. The molecule has 160 valence electrons. The van der Waals surface area contributed by atoms with Crippen LogP contribution < -0.4 is 10.6 Å². The zero-order valence-corrected chi connectivity index (χ0v) is 20.6. The van der Waals surface area contributed by atoms with Gasteiger partial charge in [0.05, 0.1) is 6.10 Å². The average Bonchev–Trinajstić information content (AvgIpc) is 2.61. The quantitative estimate of drug-likeness (QED) is 0.335. The third kappa shape index (κ3) is 8.44. The van der Waals surface area contributed by atoms with E-state index in [0.717, 1.165) is 32.1 Å². The van der Waals surface area contributed by atoms with Crippen molar-refractivity contribution in [1.82, 2.24) is 15.5 Å². The molecule has 0 aromatic heterocycles. The standard InChI is InChI=1S/C21H42N4O.HI/c1-6-12-25-13-10-18(11-14-25)24-20(22-7-2)23-16-17-9-8-15-26-19(17)21(3,4)5;/h17-19H,6-16H2,1-5H3,(H2,22,23,24);1H. The molecule has 0 aliphatic carbocycles. The highest BCUT2D eigenvalue weighted by Gasteiger charge is 2.35. The summed E-state index contributed by atoms with van der Waals surface area (Å²) in [6, 6.07) is 0.543. The van der Waals surface area contributed by atoms with Crippen molar-refractivity contribution in [3.63, 3.8) is 0 Å². The van der Waals surface area contributed by atoms with Crippen molar-refractivity contribution >= 4 is 29.9 Å². The Bertz CT molecular complexity index is 430. The second kappa shape index (κ2) is 12.5. The molecule has 2 rings (SSSR count). The van der Waals surface area contributed by atoms with Crippen molar-refractivity contribution < 1.29 is 4.74 Å². The van der Waals surface area contributed by atoms with Gasteiger partial charge in [-0.25, -0.2) is 0 Å². The zero-order chi connectivity index (χ0) is 19.0. The van der Waals surface area contributed by atoms with Crippen LogP contribution in [0.1, 0.15) is 66.7 Å². The molecule has 0 radical (unpaired) electrons. The third-order valence-corrected chi connectivity index (χ3v) is 5.59. The Labute approximate surface area is 184 Å². The molecule has 2 atom stereocenters. The van der Waals surface area contributed by atoms with Gasteiger partial charge in [-0.1, -0.05) is 27.7 Å². The molecule has 5 nitrogen and oxygen atoms in total. The average molecular weight is 495 g/mol. The first-order chi connectivity index (χ1) is 12.4. The summed E-state index contributed by atoms with van der Waals surface area (Å²) in [6.45, 7) is 17.6. The van der Waals surface area contributed by atoms with E-state index in [-0.39, 0.29) is 29.4 Å². The number of likely N-dealkylation sites (tertiary alicyclic amines) is 1. The fourth-order valence-electron chi connectivity index (χ4n) is 4.33. The monoisotopic (exact) mass is 494 g/mol. The second-order valence-electron chi connectivity index (χ2n) is 9.04. The number of hydrogen-bond acceptors (Lipinski definition) is 3. The van der Waals surface area contributed by atoms with E-state index >= 15 is 0 Å². The van der Waals surface area contributed by atoms with Gasteiger partial charge in [-0.3, -0.25) is 4.99 Å². The molecule has 2 aliphatic rings. The summed E-state index contributed by atoms with van der Waals surface area (Å²) in [6.07, 6.45) is 6.36. The predicted octanol–water partition coefficient (Wildman–Crippen LogP) is 3.88. The molecule has 2 unspecified atom stereocenters. The minimum absolute atomic E-state index is 0. The zero-order valence-electron chi connectivity index (χ0n) is 18.2. The second-order valence-corrected chi connectivity index (χ2v) is 9.04. The van der Waals surface area contributed by atoms with Gasteiger partial charge in [0.2, 0.25) is 0 Å². The molecule has 2 aliphatic heterocycles. The molecular weight excluding hydrogens is 451 g/mol. The van der Waals surface area contributed by atoms with Crippen LogP contribution in [0.5, 0.6) is 0 Å². The summed E-state index contributed by atoms with van der Waals surface area (Å²) in [5.74, 6) is 1.50. The number of nitrogens with one attached hydrogen (secondary N) is 2. The van der Waals surface area contributed by atoms with Crippen molar-refractivity contribution in [2.75, 3.05) is 39.3 Å². The van der Waals surface area contributed by atoms with E-state index in [9.17, 15) is 0 Å². The molecule has 0 aromatic carbocycles. The van der Waals surface area contributed by atoms with Crippen LogP contribution in [0.4, 0.5) is 0 Å². The number of hydrogen-bond donors (Lipinski definition) is 2. The van der Waals surface area contributed by atoms with Crippen LogP contribution in [0.2, 0.25) is 0 Å². The fraction of sp³-hybridized carbons (Fsp3) is 0.952. The van der Waals surface area contributed by atoms with Gasteiger partial charge in [0.15, 0.2) is 5.96 Å². The molecule has 0 amide bonds. The van der Waals surface area contributed by atoms with Gasteiger partial charge in [0, 0.05) is 44.7 Å².